The highest BCUT2D eigenvalue weighted by molar-refractivity contribution is 5.75. The van der Waals surface area contributed by atoms with Gasteiger partial charge in [0.2, 0.25) is 0 Å². The van der Waals surface area contributed by atoms with Crippen LogP contribution in [0.4, 0.5) is 4.79 Å². The molecule has 1 saturated heterocycles. The first-order valence-electron chi connectivity index (χ1n) is 8.39. The molecular weight excluding hydrogens is 318 g/mol. The van der Waals surface area contributed by atoms with Crippen molar-refractivity contribution in [3.63, 3.8) is 0 Å². The number of benzene rings is 1. The van der Waals surface area contributed by atoms with Crippen LogP contribution in [-0.2, 0) is 6.54 Å². The highest BCUT2D eigenvalue weighted by atomic mass is 16.5. The van der Waals surface area contributed by atoms with Crippen molar-refractivity contribution in [2.45, 2.75) is 25.4 Å². The Morgan fingerprint density at radius 3 is 2.88 bits per heavy atom. The van der Waals surface area contributed by atoms with Crippen molar-refractivity contribution in [3.8, 4) is 11.5 Å². The van der Waals surface area contributed by atoms with Crippen LogP contribution in [0.5, 0.6) is 11.5 Å². The minimum Gasteiger partial charge on any atom is -0.497 e. The summed E-state index contributed by atoms with van der Waals surface area (Å²) in [4.78, 5) is 18.8. The molecular formula is C19H23N3O3. The van der Waals surface area contributed by atoms with Crippen molar-refractivity contribution in [1.29, 1.82) is 0 Å². The third kappa shape index (κ3) is 3.84. The van der Waals surface area contributed by atoms with Crippen molar-refractivity contribution < 1.29 is 14.3 Å². The normalized spacial score (nSPS) is 16.6. The van der Waals surface area contributed by atoms with Gasteiger partial charge in [-0.05, 0) is 43.2 Å². The number of hydrogen-bond donors (Lipinski definition) is 1. The predicted octanol–water partition coefficient (Wildman–Crippen LogP) is 3.15. The molecule has 132 valence electrons. The minimum atomic E-state index is -0.0852. The maximum atomic E-state index is 12.7. The number of amides is 2. The molecule has 1 fully saturated rings. The third-order valence-corrected chi connectivity index (χ3v) is 4.46. The average Bonchev–Trinajstić information content (AvgIpc) is 3.16. The summed E-state index contributed by atoms with van der Waals surface area (Å²) in [5.74, 6) is 1.53. The molecule has 1 N–H and O–H groups in total. The van der Waals surface area contributed by atoms with Crippen molar-refractivity contribution in [3.05, 3.63) is 53.9 Å². The van der Waals surface area contributed by atoms with Crippen LogP contribution in [0, 0.1) is 0 Å². The standard InChI is InChI=1S/C19H23N3O3/c1-24-15-8-9-18(25-2)16(12-15)17-7-5-11-22(17)19(23)21-13-14-6-3-4-10-20-14/h3-4,6,8-10,12,17H,5,7,11,13H2,1-2H3,(H,21,23). The molecule has 1 unspecified atom stereocenters. The Balaban J connectivity index is 1.75. The zero-order chi connectivity index (χ0) is 17.6. The molecule has 2 heterocycles. The zero-order valence-corrected chi connectivity index (χ0v) is 14.6. The zero-order valence-electron chi connectivity index (χ0n) is 14.6. The van der Waals surface area contributed by atoms with Gasteiger partial charge in [-0.2, -0.15) is 0 Å². The molecule has 0 bridgehead atoms. The molecule has 1 aliphatic rings. The number of methoxy groups -OCH3 is 2. The van der Waals surface area contributed by atoms with Crippen LogP contribution in [0.1, 0.15) is 30.1 Å². The number of nitrogens with zero attached hydrogens (tertiary/aromatic N) is 2. The smallest absolute Gasteiger partial charge is 0.318 e. The molecule has 6 nitrogen and oxygen atoms in total. The Morgan fingerprint density at radius 2 is 2.16 bits per heavy atom. The lowest BCUT2D eigenvalue weighted by atomic mass is 10.0. The first-order valence-corrected chi connectivity index (χ1v) is 8.39. The molecule has 0 spiro atoms. The molecule has 2 amide bonds. The fourth-order valence-electron chi connectivity index (χ4n) is 3.20. The third-order valence-electron chi connectivity index (χ3n) is 4.46. The lowest BCUT2D eigenvalue weighted by Gasteiger charge is -2.26. The van der Waals surface area contributed by atoms with Gasteiger partial charge >= 0.3 is 6.03 Å². The highest BCUT2D eigenvalue weighted by Crippen LogP contribution is 2.38. The largest absolute Gasteiger partial charge is 0.497 e. The number of urea groups is 1. The average molecular weight is 341 g/mol. The van der Waals surface area contributed by atoms with E-state index in [4.69, 9.17) is 9.47 Å². The number of ether oxygens (including phenoxy) is 2. The number of pyridine rings is 1. The van der Waals surface area contributed by atoms with E-state index in [-0.39, 0.29) is 12.1 Å². The van der Waals surface area contributed by atoms with E-state index in [0.29, 0.717) is 6.54 Å². The first-order chi connectivity index (χ1) is 12.2. The minimum absolute atomic E-state index is 0.0196. The monoisotopic (exact) mass is 341 g/mol. The van der Waals surface area contributed by atoms with Crippen LogP contribution in [0.2, 0.25) is 0 Å². The second-order valence-electron chi connectivity index (χ2n) is 5.94. The van der Waals surface area contributed by atoms with Crippen LogP contribution >= 0.6 is 0 Å². The number of hydrogen-bond acceptors (Lipinski definition) is 4. The Bertz CT molecular complexity index is 721. The van der Waals surface area contributed by atoms with Crippen LogP contribution < -0.4 is 14.8 Å². The number of rotatable bonds is 5. The van der Waals surface area contributed by atoms with Gasteiger partial charge in [0.15, 0.2) is 0 Å². The van der Waals surface area contributed by atoms with E-state index >= 15 is 0 Å². The van der Waals surface area contributed by atoms with Gasteiger partial charge in [-0.1, -0.05) is 6.07 Å². The van der Waals surface area contributed by atoms with Crippen molar-refractivity contribution in [2.24, 2.45) is 0 Å². The van der Waals surface area contributed by atoms with Gasteiger partial charge < -0.3 is 19.7 Å². The molecule has 2 aromatic rings. The predicted molar refractivity (Wildman–Crippen MR) is 94.7 cm³/mol. The SMILES string of the molecule is COc1ccc(OC)c(C2CCCN2C(=O)NCc2ccccn2)c1. The van der Waals surface area contributed by atoms with Crippen LogP contribution in [0.3, 0.4) is 0 Å². The quantitative estimate of drug-likeness (QED) is 0.907. The Labute approximate surface area is 147 Å². The number of carbonyl (C=O) groups is 1. The summed E-state index contributed by atoms with van der Waals surface area (Å²) in [6.07, 6.45) is 3.59. The molecule has 1 aromatic heterocycles. The van der Waals surface area contributed by atoms with Crippen molar-refractivity contribution in [2.75, 3.05) is 20.8 Å². The highest BCUT2D eigenvalue weighted by Gasteiger charge is 2.32. The van der Waals surface area contributed by atoms with Gasteiger partial charge in [0.1, 0.15) is 11.5 Å². The van der Waals surface area contributed by atoms with E-state index in [0.717, 1.165) is 42.1 Å². The van der Waals surface area contributed by atoms with Crippen molar-refractivity contribution >= 4 is 6.03 Å². The maximum absolute atomic E-state index is 12.7. The van der Waals surface area contributed by atoms with E-state index in [1.54, 1.807) is 20.4 Å². The summed E-state index contributed by atoms with van der Waals surface area (Å²) >= 11 is 0. The summed E-state index contributed by atoms with van der Waals surface area (Å²) in [7, 11) is 3.28. The van der Waals surface area contributed by atoms with Gasteiger partial charge in [0.25, 0.3) is 0 Å². The number of likely N-dealkylation sites (tertiary alicyclic amines) is 1. The van der Waals surface area contributed by atoms with E-state index < -0.39 is 0 Å². The maximum Gasteiger partial charge on any atom is 0.318 e. The van der Waals surface area contributed by atoms with E-state index in [9.17, 15) is 4.79 Å². The number of aromatic nitrogens is 1. The lowest BCUT2D eigenvalue weighted by Crippen LogP contribution is -2.39. The molecule has 1 atom stereocenters. The Morgan fingerprint density at radius 1 is 1.28 bits per heavy atom. The lowest BCUT2D eigenvalue weighted by molar-refractivity contribution is 0.191. The number of carbonyl (C=O) groups excluding carboxylic acids is 1. The molecule has 6 heteroatoms. The second-order valence-corrected chi connectivity index (χ2v) is 5.94. The summed E-state index contributed by atoms with van der Waals surface area (Å²) in [6.45, 7) is 1.14. The first kappa shape index (κ1) is 17.1. The van der Waals surface area contributed by atoms with Crippen molar-refractivity contribution in [1.82, 2.24) is 15.2 Å². The Hall–Kier alpha value is -2.76. The topological polar surface area (TPSA) is 63.7 Å². The van der Waals surface area contributed by atoms with E-state index in [1.165, 1.54) is 0 Å². The molecule has 0 saturated carbocycles. The molecule has 1 aliphatic heterocycles. The van der Waals surface area contributed by atoms with E-state index in [2.05, 4.69) is 10.3 Å². The number of nitrogens with one attached hydrogen (secondary N) is 1. The van der Waals surface area contributed by atoms with Gasteiger partial charge in [0.05, 0.1) is 32.5 Å². The summed E-state index contributed by atoms with van der Waals surface area (Å²) < 4.78 is 10.8. The molecule has 25 heavy (non-hydrogen) atoms. The van der Waals surface area contributed by atoms with Gasteiger partial charge in [0, 0.05) is 18.3 Å². The second kappa shape index (κ2) is 7.88. The van der Waals surface area contributed by atoms with Crippen LogP contribution in [-0.4, -0.2) is 36.7 Å². The Kier molecular flexibility index (Phi) is 5.38. The summed E-state index contributed by atoms with van der Waals surface area (Å²) in [5.41, 5.74) is 1.82. The molecule has 1 aromatic carbocycles. The van der Waals surface area contributed by atoms with E-state index in [1.807, 2.05) is 41.3 Å². The van der Waals surface area contributed by atoms with Crippen LogP contribution in [0.25, 0.3) is 0 Å². The summed E-state index contributed by atoms with van der Waals surface area (Å²) in [5, 5.41) is 2.96. The fourth-order valence-corrected chi connectivity index (χ4v) is 3.20. The van der Waals surface area contributed by atoms with Gasteiger partial charge in [-0.3, -0.25) is 4.98 Å². The fraction of sp³-hybridized carbons (Fsp3) is 0.368. The molecule has 0 radical (unpaired) electrons. The van der Waals surface area contributed by atoms with Gasteiger partial charge in [-0.25, -0.2) is 4.79 Å². The summed E-state index contributed by atoms with van der Waals surface area (Å²) in [6, 6.07) is 11.3. The molecule has 3 rings (SSSR count). The van der Waals surface area contributed by atoms with Gasteiger partial charge in [-0.15, -0.1) is 0 Å². The molecule has 0 aliphatic carbocycles. The van der Waals surface area contributed by atoms with Crippen LogP contribution in [0.15, 0.2) is 42.6 Å².